The van der Waals surface area contributed by atoms with E-state index >= 15 is 0 Å². The molecule has 0 aliphatic carbocycles. The number of ether oxygens (including phenoxy) is 2. The van der Waals surface area contributed by atoms with Gasteiger partial charge in [0.05, 0.1) is 0 Å². The highest BCUT2D eigenvalue weighted by molar-refractivity contribution is 5.19. The summed E-state index contributed by atoms with van der Waals surface area (Å²) in [7, 11) is 0. The van der Waals surface area contributed by atoms with Gasteiger partial charge in [0.2, 0.25) is 5.79 Å². The van der Waals surface area contributed by atoms with Crippen LogP contribution in [-0.2, 0) is 9.47 Å². The zero-order valence-corrected chi connectivity index (χ0v) is 4.23. The highest BCUT2D eigenvalue weighted by Crippen LogP contribution is 2.66. The third kappa shape index (κ3) is 0.359. The summed E-state index contributed by atoms with van der Waals surface area (Å²) in [4.78, 5) is 0. The quantitative estimate of drug-likeness (QED) is 0.483. The second-order valence-corrected chi connectivity index (χ2v) is 1.99. The first-order chi connectivity index (χ1) is 3.37. The molecule has 2 nitrogen and oxygen atoms in total. The Morgan fingerprint density at radius 2 is 2.14 bits per heavy atom. The van der Waals surface area contributed by atoms with Crippen molar-refractivity contribution in [2.75, 3.05) is 0 Å². The van der Waals surface area contributed by atoms with E-state index in [4.69, 9.17) is 9.47 Å². The molecule has 0 amide bonds. The topological polar surface area (TPSA) is 25.1 Å². The molecule has 0 spiro atoms. The average molecular weight is 99.1 g/mol. The van der Waals surface area contributed by atoms with Crippen molar-refractivity contribution in [2.45, 2.75) is 25.6 Å². The Labute approximate surface area is 42.4 Å². The molecular weight excluding hydrogens is 92.1 g/mol. The fourth-order valence-corrected chi connectivity index (χ4v) is 0.789. The molecular formula is C5H7O2. The Morgan fingerprint density at radius 3 is 2.29 bits per heavy atom. The van der Waals surface area contributed by atoms with Crippen LogP contribution in [0.3, 0.4) is 0 Å². The van der Waals surface area contributed by atoms with Crippen LogP contribution in [0.15, 0.2) is 0 Å². The van der Waals surface area contributed by atoms with Crippen LogP contribution in [-0.4, -0.2) is 5.79 Å². The van der Waals surface area contributed by atoms with Gasteiger partial charge in [0.25, 0.3) is 6.29 Å². The van der Waals surface area contributed by atoms with E-state index in [1.165, 1.54) is 0 Å². The van der Waals surface area contributed by atoms with E-state index in [2.05, 4.69) is 6.92 Å². The van der Waals surface area contributed by atoms with Crippen LogP contribution in [0.1, 0.15) is 19.8 Å². The summed E-state index contributed by atoms with van der Waals surface area (Å²) in [5.41, 5.74) is 0. The lowest BCUT2D eigenvalue weighted by atomic mass is 10.3. The van der Waals surface area contributed by atoms with Gasteiger partial charge < -0.3 is 9.47 Å². The average Bonchev–Trinajstić information content (AvgIpc) is 2.22. The van der Waals surface area contributed by atoms with Gasteiger partial charge in [-0.05, 0) is 0 Å². The predicted octanol–water partition coefficient (Wildman–Crippen LogP) is 1.03. The minimum Gasteiger partial charge on any atom is -0.302 e. The van der Waals surface area contributed by atoms with Gasteiger partial charge in [-0.1, -0.05) is 13.3 Å². The molecule has 2 heteroatoms. The van der Waals surface area contributed by atoms with E-state index < -0.39 is 0 Å². The Hall–Kier alpha value is -0.0800. The monoisotopic (exact) mass is 99.0 g/mol. The van der Waals surface area contributed by atoms with Gasteiger partial charge in [0.1, 0.15) is 0 Å². The molecule has 0 aromatic heterocycles. The molecule has 0 aromatic carbocycles. The molecule has 39 valence electrons. The van der Waals surface area contributed by atoms with Crippen LogP contribution in [0, 0.1) is 6.29 Å². The molecule has 2 saturated heterocycles. The van der Waals surface area contributed by atoms with E-state index in [1.807, 2.05) is 0 Å². The van der Waals surface area contributed by atoms with E-state index in [0.29, 0.717) is 0 Å². The predicted molar refractivity (Wildman–Crippen MR) is 23.1 cm³/mol. The highest BCUT2D eigenvalue weighted by atomic mass is 17.0. The molecule has 0 unspecified atom stereocenters. The first-order valence-electron chi connectivity index (χ1n) is 2.63. The summed E-state index contributed by atoms with van der Waals surface area (Å²) < 4.78 is 9.86. The van der Waals surface area contributed by atoms with Crippen LogP contribution in [0.4, 0.5) is 0 Å². The van der Waals surface area contributed by atoms with Crippen molar-refractivity contribution in [2.24, 2.45) is 0 Å². The lowest BCUT2D eigenvalue weighted by molar-refractivity contribution is -0.0185. The maximum absolute atomic E-state index is 4.93. The Kier molecular flexibility index (Phi) is 0.474. The zero-order valence-electron chi connectivity index (χ0n) is 4.23. The van der Waals surface area contributed by atoms with Crippen molar-refractivity contribution in [3.8, 4) is 0 Å². The molecule has 2 rings (SSSR count). The molecule has 7 heavy (non-hydrogen) atoms. The summed E-state index contributed by atoms with van der Waals surface area (Å²) in [5.74, 6) is -0.116. The first kappa shape index (κ1) is 3.87. The third-order valence-electron chi connectivity index (χ3n) is 1.32. The maximum Gasteiger partial charge on any atom is 0.291 e. The lowest BCUT2D eigenvalue weighted by Crippen LogP contribution is -1.95. The largest absolute Gasteiger partial charge is 0.302 e. The Bertz CT molecular complexity index is 94.3. The van der Waals surface area contributed by atoms with E-state index in [-0.39, 0.29) is 5.79 Å². The number of fused-ring (bicyclic) bond motifs is 1. The fraction of sp³-hybridized carbons (Fsp3) is 0.800. The molecule has 0 saturated carbocycles. The number of epoxide rings is 2. The number of hydrogen-bond acceptors (Lipinski definition) is 2. The van der Waals surface area contributed by atoms with Crippen molar-refractivity contribution in [1.82, 2.24) is 0 Å². The summed E-state index contributed by atoms with van der Waals surface area (Å²) in [5, 5.41) is 0. The zero-order chi connectivity index (χ0) is 4.91. The molecule has 2 fully saturated rings. The normalized spacial score (nSPS) is 32.1. The minimum atomic E-state index is -0.116. The summed E-state index contributed by atoms with van der Waals surface area (Å²) in [6, 6.07) is 0. The Morgan fingerprint density at radius 1 is 1.57 bits per heavy atom. The fourth-order valence-electron chi connectivity index (χ4n) is 0.789. The summed E-state index contributed by atoms with van der Waals surface area (Å²) in [6.45, 7) is 2.12. The van der Waals surface area contributed by atoms with E-state index in [9.17, 15) is 0 Å². The van der Waals surface area contributed by atoms with Crippen LogP contribution in [0.5, 0.6) is 0 Å². The van der Waals surface area contributed by atoms with Crippen LogP contribution in [0.25, 0.3) is 0 Å². The van der Waals surface area contributed by atoms with Gasteiger partial charge in [-0.3, -0.25) is 0 Å². The van der Waals surface area contributed by atoms with Crippen LogP contribution in [0.2, 0.25) is 0 Å². The van der Waals surface area contributed by atoms with Crippen LogP contribution >= 0.6 is 0 Å². The molecule has 0 atom stereocenters. The number of hydrogen-bond donors (Lipinski definition) is 0. The maximum atomic E-state index is 4.93. The molecule has 2 heterocycles. The lowest BCUT2D eigenvalue weighted by Gasteiger charge is -1.92. The van der Waals surface area contributed by atoms with Crippen molar-refractivity contribution >= 4 is 0 Å². The minimum absolute atomic E-state index is 0.116. The van der Waals surface area contributed by atoms with Crippen molar-refractivity contribution < 1.29 is 9.47 Å². The second-order valence-electron chi connectivity index (χ2n) is 1.99. The van der Waals surface area contributed by atoms with Gasteiger partial charge >= 0.3 is 0 Å². The summed E-state index contributed by atoms with van der Waals surface area (Å²) in [6.07, 6.45) is 3.06. The summed E-state index contributed by atoms with van der Waals surface area (Å²) >= 11 is 0. The van der Waals surface area contributed by atoms with E-state index in [1.54, 1.807) is 0 Å². The smallest absolute Gasteiger partial charge is 0.291 e. The molecule has 0 N–H and O–H groups in total. The highest BCUT2D eigenvalue weighted by Gasteiger charge is 2.78. The molecule has 0 bridgehead atoms. The number of rotatable bonds is 2. The SMILES string of the molecule is CCCC12O[C]1O2. The standard InChI is InChI=1S/C5H7O2/c1-2-3-5-4(6-5)7-5/h2-3H2,1H3. The van der Waals surface area contributed by atoms with Gasteiger partial charge in [-0.15, -0.1) is 0 Å². The first-order valence-corrected chi connectivity index (χ1v) is 2.63. The second kappa shape index (κ2) is 0.858. The van der Waals surface area contributed by atoms with Gasteiger partial charge in [-0.2, -0.15) is 0 Å². The van der Waals surface area contributed by atoms with Gasteiger partial charge in [-0.25, -0.2) is 0 Å². The molecule has 2 aliphatic rings. The molecule has 0 aromatic rings. The van der Waals surface area contributed by atoms with Gasteiger partial charge in [0, 0.05) is 6.42 Å². The van der Waals surface area contributed by atoms with Gasteiger partial charge in [0.15, 0.2) is 0 Å². The van der Waals surface area contributed by atoms with Crippen LogP contribution < -0.4 is 0 Å². The molecule has 2 aliphatic heterocycles. The van der Waals surface area contributed by atoms with E-state index in [0.717, 1.165) is 19.1 Å². The molecule has 1 radical (unpaired) electrons. The Balaban J connectivity index is 1.87. The van der Waals surface area contributed by atoms with Crippen molar-refractivity contribution in [3.63, 3.8) is 0 Å². The van der Waals surface area contributed by atoms with Crippen molar-refractivity contribution in [3.05, 3.63) is 6.29 Å². The van der Waals surface area contributed by atoms with Crippen molar-refractivity contribution in [1.29, 1.82) is 0 Å². The third-order valence-corrected chi connectivity index (χ3v) is 1.32.